The molecule has 0 aliphatic carbocycles. The number of hydrazone groups is 2. The molecule has 53 heavy (non-hydrogen) atoms. The van der Waals surface area contributed by atoms with Gasteiger partial charge in [-0.2, -0.15) is 10.2 Å². The molecule has 4 rings (SSSR count). The first kappa shape index (κ1) is 40.0. The van der Waals surface area contributed by atoms with Crippen LogP contribution in [0.15, 0.2) is 95.1 Å². The standard InChI is InChI=1S/C39H45ClN6O7/c1-28-6-12-32(13-7-28)45(26-38(51)43-41-24-29-8-16-34(47)22-36(29)49)18-2-4-20-53-21-5-3-19-46(33-14-10-31(40)11-15-33)27-39(52)44-42-25-30-9-17-35(48)23-37(30)50/h6-17,22-25,47-50H,2-5,18-21,26-27H2,1H3,(H,43,51)(H,44,52)/b41-24+,42-25+. The van der Waals surface area contributed by atoms with Gasteiger partial charge in [-0.05, 0) is 93.3 Å². The van der Waals surface area contributed by atoms with E-state index in [1.54, 1.807) is 12.1 Å². The number of halogens is 1. The van der Waals surface area contributed by atoms with E-state index >= 15 is 0 Å². The Morgan fingerprint density at radius 1 is 0.660 bits per heavy atom. The lowest BCUT2D eigenvalue weighted by Gasteiger charge is -2.24. The van der Waals surface area contributed by atoms with Gasteiger partial charge in [0.2, 0.25) is 0 Å². The number of ether oxygens (including phenoxy) is 1. The summed E-state index contributed by atoms with van der Waals surface area (Å²) in [5.74, 6) is -1.11. The summed E-state index contributed by atoms with van der Waals surface area (Å²) in [6.07, 6.45) is 5.76. The minimum Gasteiger partial charge on any atom is -0.508 e. The summed E-state index contributed by atoms with van der Waals surface area (Å²) in [5.41, 5.74) is 8.55. The third kappa shape index (κ3) is 14.0. The van der Waals surface area contributed by atoms with Gasteiger partial charge in [-0.1, -0.05) is 29.3 Å². The number of anilines is 2. The van der Waals surface area contributed by atoms with Gasteiger partial charge in [0.1, 0.15) is 23.0 Å². The van der Waals surface area contributed by atoms with Gasteiger partial charge >= 0.3 is 0 Å². The highest BCUT2D eigenvalue weighted by molar-refractivity contribution is 6.30. The fourth-order valence-electron chi connectivity index (χ4n) is 5.17. The zero-order chi connectivity index (χ0) is 38.0. The zero-order valence-electron chi connectivity index (χ0n) is 29.5. The van der Waals surface area contributed by atoms with Crippen molar-refractivity contribution in [2.24, 2.45) is 10.2 Å². The molecule has 0 aliphatic heterocycles. The minimum atomic E-state index is -0.343. The Morgan fingerprint density at radius 3 is 1.53 bits per heavy atom. The maximum atomic E-state index is 12.7. The van der Waals surface area contributed by atoms with Crippen molar-refractivity contribution in [3.8, 4) is 23.0 Å². The first-order valence-electron chi connectivity index (χ1n) is 17.1. The summed E-state index contributed by atoms with van der Waals surface area (Å²) in [7, 11) is 0. The smallest absolute Gasteiger partial charge is 0.259 e. The van der Waals surface area contributed by atoms with Gasteiger partial charge in [0.15, 0.2) is 0 Å². The molecule has 6 N–H and O–H groups in total. The van der Waals surface area contributed by atoms with Crippen LogP contribution in [0.25, 0.3) is 0 Å². The lowest BCUT2D eigenvalue weighted by molar-refractivity contribution is -0.120. The number of aromatic hydroxyl groups is 4. The predicted molar refractivity (Wildman–Crippen MR) is 207 cm³/mol. The molecule has 2 amide bonds. The number of carbonyl (C=O) groups is 2. The number of phenolic OH excluding ortho intramolecular Hbond substituents is 4. The van der Waals surface area contributed by atoms with Gasteiger partial charge in [-0.3, -0.25) is 9.59 Å². The number of phenols is 4. The zero-order valence-corrected chi connectivity index (χ0v) is 30.2. The number of hydrogen-bond acceptors (Lipinski definition) is 11. The van der Waals surface area contributed by atoms with Crippen LogP contribution in [0, 0.1) is 6.92 Å². The summed E-state index contributed by atoms with van der Waals surface area (Å²) < 4.78 is 5.90. The fraction of sp³-hybridized carbons (Fsp3) is 0.282. The molecule has 0 saturated heterocycles. The van der Waals surface area contributed by atoms with Gasteiger partial charge in [0.05, 0.1) is 25.5 Å². The molecule has 0 saturated carbocycles. The first-order chi connectivity index (χ1) is 25.6. The van der Waals surface area contributed by atoms with Crippen LogP contribution >= 0.6 is 11.6 Å². The fourth-order valence-corrected chi connectivity index (χ4v) is 5.30. The van der Waals surface area contributed by atoms with E-state index in [2.05, 4.69) is 21.1 Å². The Labute approximate surface area is 313 Å². The SMILES string of the molecule is Cc1ccc(N(CCCCOCCCCN(CC(=O)N/N=C/c2ccc(O)cc2O)c2ccc(Cl)cc2)CC(=O)N/N=C/c2ccc(O)cc2O)cc1. The highest BCUT2D eigenvalue weighted by Gasteiger charge is 2.13. The molecule has 0 bridgehead atoms. The molecular formula is C39H45ClN6O7. The number of hydrogen-bond donors (Lipinski definition) is 6. The van der Waals surface area contributed by atoms with E-state index in [9.17, 15) is 30.0 Å². The number of unbranched alkanes of at least 4 members (excludes halogenated alkanes) is 2. The van der Waals surface area contributed by atoms with Crippen LogP contribution in [0.2, 0.25) is 5.02 Å². The summed E-state index contributed by atoms with van der Waals surface area (Å²) >= 11 is 6.08. The van der Waals surface area contributed by atoms with Crippen LogP contribution < -0.4 is 20.7 Å². The summed E-state index contributed by atoms with van der Waals surface area (Å²) in [6, 6.07) is 23.4. The van der Waals surface area contributed by atoms with Crippen molar-refractivity contribution in [1.29, 1.82) is 0 Å². The van der Waals surface area contributed by atoms with E-state index in [0.717, 1.165) is 42.6 Å². The molecule has 0 aliphatic rings. The normalized spacial score (nSPS) is 11.2. The van der Waals surface area contributed by atoms with Crippen molar-refractivity contribution in [3.05, 3.63) is 107 Å². The Hall–Kier alpha value is -5.79. The number of rotatable bonds is 20. The average Bonchev–Trinajstić information content (AvgIpc) is 3.12. The van der Waals surface area contributed by atoms with Gasteiger partial charge in [0, 0.05) is 66.0 Å². The molecule has 0 heterocycles. The second-order valence-electron chi connectivity index (χ2n) is 12.3. The van der Waals surface area contributed by atoms with Crippen LogP contribution in [0.5, 0.6) is 23.0 Å². The number of amides is 2. The van der Waals surface area contributed by atoms with Crippen LogP contribution in [0.1, 0.15) is 42.4 Å². The molecule has 0 atom stereocenters. The number of benzene rings is 4. The molecule has 280 valence electrons. The number of carbonyl (C=O) groups excluding carboxylic acids is 2. The predicted octanol–water partition coefficient (Wildman–Crippen LogP) is 5.66. The Kier molecular flexibility index (Phi) is 15.8. The number of nitrogens with one attached hydrogen (secondary N) is 2. The summed E-state index contributed by atoms with van der Waals surface area (Å²) in [5, 5.41) is 47.2. The molecule has 4 aromatic carbocycles. The lowest BCUT2D eigenvalue weighted by atomic mass is 10.2. The third-order valence-corrected chi connectivity index (χ3v) is 8.26. The van der Waals surface area contributed by atoms with E-state index in [1.165, 1.54) is 48.8 Å². The van der Waals surface area contributed by atoms with Gasteiger partial charge < -0.3 is 35.0 Å². The van der Waals surface area contributed by atoms with Crippen molar-refractivity contribution >= 4 is 47.2 Å². The highest BCUT2D eigenvalue weighted by Crippen LogP contribution is 2.22. The lowest BCUT2D eigenvalue weighted by Crippen LogP contribution is -2.36. The van der Waals surface area contributed by atoms with Crippen LogP contribution in [0.3, 0.4) is 0 Å². The Bertz CT molecular complexity index is 1700. The van der Waals surface area contributed by atoms with Crippen LogP contribution in [0.4, 0.5) is 11.4 Å². The summed E-state index contributed by atoms with van der Waals surface area (Å²) in [6.45, 7) is 4.47. The van der Waals surface area contributed by atoms with Gasteiger partial charge in [-0.15, -0.1) is 0 Å². The molecule has 0 unspecified atom stereocenters. The van der Waals surface area contributed by atoms with E-state index < -0.39 is 0 Å². The average molecular weight is 745 g/mol. The van der Waals surface area contributed by atoms with Crippen molar-refractivity contribution < 1.29 is 34.8 Å². The monoisotopic (exact) mass is 744 g/mol. The van der Waals surface area contributed by atoms with Gasteiger partial charge in [0.25, 0.3) is 11.8 Å². The van der Waals surface area contributed by atoms with E-state index in [0.29, 0.717) is 42.5 Å². The minimum absolute atomic E-state index is 0.0469. The quantitative estimate of drug-likeness (QED) is 0.0378. The topological polar surface area (TPSA) is 180 Å². The molecule has 0 fully saturated rings. The molecular weight excluding hydrogens is 700 g/mol. The van der Waals surface area contributed by atoms with E-state index in [-0.39, 0.29) is 47.9 Å². The molecule has 0 aromatic heterocycles. The van der Waals surface area contributed by atoms with Gasteiger partial charge in [-0.25, -0.2) is 10.9 Å². The third-order valence-electron chi connectivity index (χ3n) is 8.01. The maximum absolute atomic E-state index is 12.7. The molecule has 14 heteroatoms. The molecule has 13 nitrogen and oxygen atoms in total. The van der Waals surface area contributed by atoms with Crippen molar-refractivity contribution in [2.75, 3.05) is 49.2 Å². The summed E-state index contributed by atoms with van der Waals surface area (Å²) in [4.78, 5) is 29.4. The first-order valence-corrected chi connectivity index (χ1v) is 17.5. The Balaban J connectivity index is 1.18. The van der Waals surface area contributed by atoms with Crippen molar-refractivity contribution in [1.82, 2.24) is 10.9 Å². The second kappa shape index (κ2) is 20.9. The largest absolute Gasteiger partial charge is 0.508 e. The molecule has 4 aromatic rings. The van der Waals surface area contributed by atoms with E-state index in [1.807, 2.05) is 53.1 Å². The Morgan fingerprint density at radius 2 is 1.09 bits per heavy atom. The molecule has 0 radical (unpaired) electrons. The number of aryl methyl sites for hydroxylation is 1. The maximum Gasteiger partial charge on any atom is 0.259 e. The van der Waals surface area contributed by atoms with Crippen molar-refractivity contribution in [3.63, 3.8) is 0 Å². The molecule has 0 spiro atoms. The highest BCUT2D eigenvalue weighted by atomic mass is 35.5. The van der Waals surface area contributed by atoms with Crippen LogP contribution in [-0.4, -0.2) is 84.1 Å². The number of nitrogens with zero attached hydrogens (tertiary/aromatic N) is 4. The van der Waals surface area contributed by atoms with E-state index in [4.69, 9.17) is 16.3 Å². The second-order valence-corrected chi connectivity index (χ2v) is 12.7. The van der Waals surface area contributed by atoms with Crippen LogP contribution in [-0.2, 0) is 14.3 Å². The van der Waals surface area contributed by atoms with Crippen molar-refractivity contribution in [2.45, 2.75) is 32.6 Å².